The molecule has 4 heteroatoms. The van der Waals surface area contributed by atoms with Crippen LogP contribution in [0.1, 0.15) is 110 Å². The van der Waals surface area contributed by atoms with Crippen molar-refractivity contribution in [1.29, 1.82) is 0 Å². The van der Waals surface area contributed by atoms with Crippen LogP contribution in [0.2, 0.25) is 0 Å². The van der Waals surface area contributed by atoms with E-state index in [0.717, 1.165) is 19.4 Å². The van der Waals surface area contributed by atoms with E-state index in [9.17, 15) is 5.11 Å². The number of aliphatic hydroxyl groups excluding tert-OH is 1. The SMILES string of the molecule is CCCCCCCCCCCCCCCCOC1CCOCC(O)CCOC1. The molecule has 0 spiro atoms. The Morgan fingerprint density at radius 2 is 1.18 bits per heavy atom. The minimum absolute atomic E-state index is 0.136. The van der Waals surface area contributed by atoms with Crippen molar-refractivity contribution >= 4 is 0 Å². The van der Waals surface area contributed by atoms with E-state index in [-0.39, 0.29) is 6.10 Å². The highest BCUT2D eigenvalue weighted by Gasteiger charge is 2.13. The first-order valence-corrected chi connectivity index (χ1v) is 12.3. The minimum atomic E-state index is -0.395. The van der Waals surface area contributed by atoms with E-state index in [1.54, 1.807) is 0 Å². The highest BCUT2D eigenvalue weighted by molar-refractivity contribution is 4.61. The van der Waals surface area contributed by atoms with E-state index in [2.05, 4.69) is 6.92 Å². The molecule has 1 saturated heterocycles. The van der Waals surface area contributed by atoms with E-state index in [1.807, 2.05) is 0 Å². The van der Waals surface area contributed by atoms with Gasteiger partial charge in [-0.25, -0.2) is 0 Å². The van der Waals surface area contributed by atoms with Crippen molar-refractivity contribution < 1.29 is 19.3 Å². The summed E-state index contributed by atoms with van der Waals surface area (Å²) in [6.45, 7) is 5.37. The summed E-state index contributed by atoms with van der Waals surface area (Å²) >= 11 is 0. The first-order valence-electron chi connectivity index (χ1n) is 12.3. The Hall–Kier alpha value is -0.160. The van der Waals surface area contributed by atoms with Crippen LogP contribution in [0.5, 0.6) is 0 Å². The van der Waals surface area contributed by atoms with E-state index in [1.165, 1.54) is 83.5 Å². The van der Waals surface area contributed by atoms with Gasteiger partial charge in [-0.15, -0.1) is 0 Å². The largest absolute Gasteiger partial charge is 0.391 e. The molecule has 1 heterocycles. The lowest BCUT2D eigenvalue weighted by Gasteiger charge is -2.21. The van der Waals surface area contributed by atoms with E-state index in [0.29, 0.717) is 32.8 Å². The average Bonchev–Trinajstić information content (AvgIpc) is 2.70. The molecule has 2 unspecified atom stereocenters. The summed E-state index contributed by atoms with van der Waals surface area (Å²) in [5, 5.41) is 9.61. The topological polar surface area (TPSA) is 47.9 Å². The van der Waals surface area contributed by atoms with Gasteiger partial charge in [0.05, 0.1) is 25.4 Å². The molecule has 1 aliphatic heterocycles. The van der Waals surface area contributed by atoms with Crippen molar-refractivity contribution in [2.75, 3.05) is 33.0 Å². The van der Waals surface area contributed by atoms with Crippen molar-refractivity contribution in [2.45, 2.75) is 122 Å². The number of aliphatic hydroxyl groups is 1. The summed E-state index contributed by atoms with van der Waals surface area (Å²) in [7, 11) is 0. The molecule has 0 radical (unpaired) electrons. The van der Waals surface area contributed by atoms with Gasteiger partial charge in [0, 0.05) is 19.8 Å². The second kappa shape index (κ2) is 20.1. The second-order valence-electron chi connectivity index (χ2n) is 8.47. The monoisotopic (exact) mass is 400 g/mol. The molecule has 1 rings (SSSR count). The summed E-state index contributed by atoms with van der Waals surface area (Å²) in [6, 6.07) is 0. The van der Waals surface area contributed by atoms with Gasteiger partial charge in [-0.2, -0.15) is 0 Å². The lowest BCUT2D eigenvalue weighted by molar-refractivity contribution is -0.0617. The molecule has 4 nitrogen and oxygen atoms in total. The normalized spacial score (nSPS) is 21.6. The lowest BCUT2D eigenvalue weighted by Crippen LogP contribution is -2.27. The molecule has 0 saturated carbocycles. The maximum Gasteiger partial charge on any atom is 0.0830 e. The molecular weight excluding hydrogens is 352 g/mol. The number of rotatable bonds is 16. The van der Waals surface area contributed by atoms with E-state index in [4.69, 9.17) is 14.2 Å². The zero-order chi connectivity index (χ0) is 20.1. The number of hydrogen-bond donors (Lipinski definition) is 1. The van der Waals surface area contributed by atoms with Crippen molar-refractivity contribution in [3.63, 3.8) is 0 Å². The van der Waals surface area contributed by atoms with Crippen molar-refractivity contribution in [1.82, 2.24) is 0 Å². The Balaban J connectivity index is 1.82. The maximum atomic E-state index is 9.61. The third-order valence-corrected chi connectivity index (χ3v) is 5.65. The zero-order valence-electron chi connectivity index (χ0n) is 18.7. The van der Waals surface area contributed by atoms with Crippen molar-refractivity contribution in [3.05, 3.63) is 0 Å². The fourth-order valence-corrected chi connectivity index (χ4v) is 3.71. The van der Waals surface area contributed by atoms with Crippen molar-refractivity contribution in [3.8, 4) is 0 Å². The summed E-state index contributed by atoms with van der Waals surface area (Å²) in [4.78, 5) is 0. The molecule has 0 aromatic carbocycles. The molecule has 168 valence electrons. The first-order chi connectivity index (χ1) is 13.8. The molecule has 0 aliphatic carbocycles. The fourth-order valence-electron chi connectivity index (χ4n) is 3.71. The van der Waals surface area contributed by atoms with Gasteiger partial charge < -0.3 is 19.3 Å². The van der Waals surface area contributed by atoms with Gasteiger partial charge in [0.15, 0.2) is 0 Å². The Morgan fingerprint density at radius 3 is 1.79 bits per heavy atom. The van der Waals surface area contributed by atoms with Gasteiger partial charge in [-0.05, 0) is 19.3 Å². The van der Waals surface area contributed by atoms with Crippen LogP contribution in [0.15, 0.2) is 0 Å². The second-order valence-corrected chi connectivity index (χ2v) is 8.47. The highest BCUT2D eigenvalue weighted by Crippen LogP contribution is 2.13. The van der Waals surface area contributed by atoms with Crippen LogP contribution in [0.4, 0.5) is 0 Å². The molecule has 28 heavy (non-hydrogen) atoms. The summed E-state index contributed by atoms with van der Waals surface area (Å²) in [5.74, 6) is 0. The van der Waals surface area contributed by atoms with Gasteiger partial charge >= 0.3 is 0 Å². The third kappa shape index (κ3) is 16.8. The van der Waals surface area contributed by atoms with Gasteiger partial charge in [0.2, 0.25) is 0 Å². The van der Waals surface area contributed by atoms with Crippen LogP contribution in [0.25, 0.3) is 0 Å². The van der Waals surface area contributed by atoms with Gasteiger partial charge in [-0.3, -0.25) is 0 Å². The van der Waals surface area contributed by atoms with Crippen LogP contribution in [-0.4, -0.2) is 50.3 Å². The molecule has 1 fully saturated rings. The summed E-state index contributed by atoms with van der Waals surface area (Å²) in [5.41, 5.74) is 0. The van der Waals surface area contributed by atoms with Crippen LogP contribution >= 0.6 is 0 Å². The Kier molecular flexibility index (Phi) is 18.6. The first kappa shape index (κ1) is 25.9. The number of ether oxygens (including phenoxy) is 3. The zero-order valence-corrected chi connectivity index (χ0v) is 18.7. The molecule has 0 aromatic heterocycles. The molecule has 0 bridgehead atoms. The van der Waals surface area contributed by atoms with Crippen molar-refractivity contribution in [2.24, 2.45) is 0 Å². The Morgan fingerprint density at radius 1 is 0.679 bits per heavy atom. The maximum absolute atomic E-state index is 9.61. The van der Waals surface area contributed by atoms with Crippen LogP contribution in [-0.2, 0) is 14.2 Å². The molecule has 1 N–H and O–H groups in total. The summed E-state index contributed by atoms with van der Waals surface area (Å²) in [6.07, 6.45) is 20.6. The third-order valence-electron chi connectivity index (χ3n) is 5.65. The lowest BCUT2D eigenvalue weighted by atomic mass is 10.0. The van der Waals surface area contributed by atoms with E-state index < -0.39 is 6.10 Å². The number of hydrogen-bond acceptors (Lipinski definition) is 4. The van der Waals surface area contributed by atoms with Gasteiger partial charge in [-0.1, -0.05) is 90.4 Å². The van der Waals surface area contributed by atoms with Crippen LogP contribution in [0, 0.1) is 0 Å². The average molecular weight is 401 g/mol. The Labute approximate surface area is 174 Å². The smallest absolute Gasteiger partial charge is 0.0830 e. The molecule has 2 atom stereocenters. The standard InChI is InChI=1S/C24H48O4/c1-2-3-4-5-6-7-8-9-10-11-12-13-14-15-18-28-24-17-20-26-21-23(25)16-19-27-22-24/h23-25H,2-22H2,1H3. The Bertz CT molecular complexity index is 299. The van der Waals surface area contributed by atoms with Crippen LogP contribution in [0.3, 0.4) is 0 Å². The molecular formula is C24H48O4. The summed E-state index contributed by atoms with van der Waals surface area (Å²) < 4.78 is 17.1. The molecule has 0 aromatic rings. The van der Waals surface area contributed by atoms with E-state index >= 15 is 0 Å². The predicted molar refractivity (Wildman–Crippen MR) is 117 cm³/mol. The van der Waals surface area contributed by atoms with Gasteiger partial charge in [0.25, 0.3) is 0 Å². The minimum Gasteiger partial charge on any atom is -0.391 e. The molecule has 0 amide bonds. The fraction of sp³-hybridized carbons (Fsp3) is 1.00. The predicted octanol–water partition coefficient (Wildman–Crippen LogP) is 6.04. The van der Waals surface area contributed by atoms with Gasteiger partial charge in [0.1, 0.15) is 0 Å². The number of unbranched alkanes of at least 4 members (excludes halogenated alkanes) is 13. The quantitative estimate of drug-likeness (QED) is 0.321. The van der Waals surface area contributed by atoms with Crippen LogP contribution < -0.4 is 0 Å². The molecule has 1 aliphatic rings. The highest BCUT2D eigenvalue weighted by atomic mass is 16.5.